The lowest BCUT2D eigenvalue weighted by molar-refractivity contribution is 0.346. The summed E-state index contributed by atoms with van der Waals surface area (Å²) in [6, 6.07) is 0. The van der Waals surface area contributed by atoms with Gasteiger partial charge in [-0.25, -0.2) is 0 Å². The highest BCUT2D eigenvalue weighted by Gasteiger charge is 1.96. The van der Waals surface area contributed by atoms with Crippen LogP contribution in [0, 0.1) is 5.41 Å². The average molecular weight is 289 g/mol. The van der Waals surface area contributed by atoms with Crippen molar-refractivity contribution in [1.29, 1.82) is 5.41 Å². The summed E-state index contributed by atoms with van der Waals surface area (Å²) in [5.74, 6) is 0.175. The fraction of sp³-hybridized carbons (Fsp3) is 0.526. The zero-order chi connectivity index (χ0) is 16.3. The molecule has 0 aliphatic carbocycles. The van der Waals surface area contributed by atoms with Crippen LogP contribution in [0.1, 0.15) is 60.3 Å². The number of ether oxygens (including phenoxy) is 1. The van der Waals surface area contributed by atoms with E-state index in [1.807, 2.05) is 6.08 Å². The Balaban J connectivity index is 3.96. The van der Waals surface area contributed by atoms with Crippen LogP contribution in [0.3, 0.4) is 0 Å². The maximum absolute atomic E-state index is 7.51. The molecule has 0 spiro atoms. The van der Waals surface area contributed by atoms with Crippen molar-refractivity contribution in [2.45, 2.75) is 60.3 Å². The highest BCUT2D eigenvalue weighted by Crippen LogP contribution is 2.11. The first kappa shape index (κ1) is 19.4. The van der Waals surface area contributed by atoms with Crippen molar-refractivity contribution in [1.82, 2.24) is 0 Å². The second-order valence-electron chi connectivity index (χ2n) is 5.88. The third kappa shape index (κ3) is 11.9. The Hall–Kier alpha value is -1.57. The summed E-state index contributed by atoms with van der Waals surface area (Å²) in [5, 5.41) is 7.51. The van der Waals surface area contributed by atoms with Gasteiger partial charge in [0.15, 0.2) is 0 Å². The lowest BCUT2D eigenvalue weighted by atomic mass is 10.1. The van der Waals surface area contributed by atoms with Gasteiger partial charge in [0.1, 0.15) is 6.61 Å². The molecule has 118 valence electrons. The second-order valence-corrected chi connectivity index (χ2v) is 5.88. The molecule has 0 aromatic heterocycles. The maximum Gasteiger partial charge on any atom is 0.208 e. The predicted molar refractivity (Wildman–Crippen MR) is 93.9 cm³/mol. The van der Waals surface area contributed by atoms with Gasteiger partial charge in [-0.15, -0.1) is 0 Å². The van der Waals surface area contributed by atoms with Crippen molar-refractivity contribution in [2.24, 2.45) is 0 Å². The van der Waals surface area contributed by atoms with Gasteiger partial charge in [-0.05, 0) is 66.4 Å². The molecule has 0 rings (SSSR count). The van der Waals surface area contributed by atoms with E-state index < -0.39 is 0 Å². The molecule has 0 bridgehead atoms. The molecular formula is C19H31NO. The topological polar surface area (TPSA) is 33.1 Å². The first-order chi connectivity index (χ1) is 9.82. The molecule has 0 aromatic carbocycles. The van der Waals surface area contributed by atoms with E-state index in [2.05, 4.69) is 46.4 Å². The molecule has 0 aromatic rings. The smallest absolute Gasteiger partial charge is 0.208 e. The number of nitrogens with one attached hydrogen (secondary N) is 1. The van der Waals surface area contributed by atoms with Gasteiger partial charge in [0.05, 0.1) is 0 Å². The van der Waals surface area contributed by atoms with E-state index in [0.717, 1.165) is 25.7 Å². The highest BCUT2D eigenvalue weighted by atomic mass is 16.5. The van der Waals surface area contributed by atoms with Crippen LogP contribution in [0.2, 0.25) is 0 Å². The van der Waals surface area contributed by atoms with Crippen molar-refractivity contribution < 1.29 is 4.74 Å². The Labute approximate surface area is 130 Å². The molecule has 2 heteroatoms. The van der Waals surface area contributed by atoms with E-state index in [4.69, 9.17) is 10.1 Å². The fourth-order valence-corrected chi connectivity index (χ4v) is 1.73. The Morgan fingerprint density at radius 1 is 0.905 bits per heavy atom. The summed E-state index contributed by atoms with van der Waals surface area (Å²) >= 11 is 0. The van der Waals surface area contributed by atoms with Crippen molar-refractivity contribution in [3.05, 3.63) is 47.1 Å². The molecule has 0 saturated carbocycles. The first-order valence-electron chi connectivity index (χ1n) is 7.64. The van der Waals surface area contributed by atoms with Crippen molar-refractivity contribution in [2.75, 3.05) is 6.61 Å². The van der Waals surface area contributed by atoms with E-state index in [9.17, 15) is 0 Å². The summed E-state index contributed by atoms with van der Waals surface area (Å²) in [6.07, 6.45) is 11.1. The van der Waals surface area contributed by atoms with Gasteiger partial charge in [0.2, 0.25) is 5.90 Å². The number of hydrogen-bond donors (Lipinski definition) is 1. The molecule has 0 aliphatic heterocycles. The van der Waals surface area contributed by atoms with Gasteiger partial charge in [0, 0.05) is 5.57 Å². The normalized spacial score (nSPS) is 12.0. The summed E-state index contributed by atoms with van der Waals surface area (Å²) in [6.45, 7) is 14.5. The largest absolute Gasteiger partial charge is 0.474 e. The third-order valence-electron chi connectivity index (χ3n) is 3.17. The molecule has 1 N–H and O–H groups in total. The van der Waals surface area contributed by atoms with Gasteiger partial charge in [0.25, 0.3) is 0 Å². The molecular weight excluding hydrogens is 258 g/mol. The summed E-state index contributed by atoms with van der Waals surface area (Å²) in [5.41, 5.74) is 4.82. The third-order valence-corrected chi connectivity index (χ3v) is 3.17. The zero-order valence-corrected chi connectivity index (χ0v) is 14.4. The number of allylic oxidation sites excluding steroid dienone is 5. The lowest BCUT2D eigenvalue weighted by Gasteiger charge is -2.05. The Kier molecular flexibility index (Phi) is 10.3. The molecule has 0 fully saturated rings. The SMILES string of the molecule is C=C(C)C(=N)OC/C=C(\C)CC/C=C(\C)CCC=C(C)C. The molecule has 2 nitrogen and oxygen atoms in total. The Bertz CT molecular complexity index is 434. The molecule has 0 atom stereocenters. The zero-order valence-electron chi connectivity index (χ0n) is 14.4. The van der Waals surface area contributed by atoms with Gasteiger partial charge >= 0.3 is 0 Å². The highest BCUT2D eigenvalue weighted by molar-refractivity contribution is 5.89. The Morgan fingerprint density at radius 3 is 1.95 bits per heavy atom. The second kappa shape index (κ2) is 11.1. The van der Waals surface area contributed by atoms with Crippen molar-refractivity contribution in [3.8, 4) is 0 Å². The molecule has 0 heterocycles. The van der Waals surface area contributed by atoms with Crippen LogP contribution < -0.4 is 0 Å². The van der Waals surface area contributed by atoms with Crippen LogP contribution in [-0.4, -0.2) is 12.5 Å². The minimum absolute atomic E-state index is 0.175. The van der Waals surface area contributed by atoms with E-state index in [-0.39, 0.29) is 5.90 Å². The number of rotatable bonds is 9. The minimum Gasteiger partial charge on any atom is -0.474 e. The molecule has 0 unspecified atom stereocenters. The van der Waals surface area contributed by atoms with Crippen LogP contribution >= 0.6 is 0 Å². The molecule has 0 saturated heterocycles. The fourth-order valence-electron chi connectivity index (χ4n) is 1.73. The molecule has 0 radical (unpaired) electrons. The van der Waals surface area contributed by atoms with Gasteiger partial charge in [-0.1, -0.05) is 35.5 Å². The molecule has 0 amide bonds. The maximum atomic E-state index is 7.51. The van der Waals surface area contributed by atoms with Crippen LogP contribution in [0.25, 0.3) is 0 Å². The van der Waals surface area contributed by atoms with Crippen molar-refractivity contribution in [3.63, 3.8) is 0 Å². The quantitative estimate of drug-likeness (QED) is 0.316. The van der Waals surface area contributed by atoms with Crippen LogP contribution in [-0.2, 0) is 4.74 Å². The monoisotopic (exact) mass is 289 g/mol. The van der Waals surface area contributed by atoms with Gasteiger partial charge in [-0.3, -0.25) is 5.41 Å². The number of hydrogen-bond acceptors (Lipinski definition) is 2. The van der Waals surface area contributed by atoms with Crippen LogP contribution in [0.15, 0.2) is 47.1 Å². The standard InChI is InChI=1S/C19H31NO/c1-15(2)9-7-10-17(5)11-8-12-18(6)13-14-21-19(20)16(3)4/h9,11,13,20H,3,7-8,10,12,14H2,1-2,4-6H3/b17-11+,18-13+,20-19?. The van der Waals surface area contributed by atoms with E-state index >= 15 is 0 Å². The molecule has 0 aliphatic rings. The average Bonchev–Trinajstić information content (AvgIpc) is 2.37. The first-order valence-corrected chi connectivity index (χ1v) is 7.64. The van der Waals surface area contributed by atoms with E-state index in [1.54, 1.807) is 6.92 Å². The van der Waals surface area contributed by atoms with Gasteiger partial charge in [-0.2, -0.15) is 0 Å². The van der Waals surface area contributed by atoms with E-state index in [0.29, 0.717) is 12.2 Å². The summed E-state index contributed by atoms with van der Waals surface area (Å²) in [7, 11) is 0. The lowest BCUT2D eigenvalue weighted by Crippen LogP contribution is -2.03. The Morgan fingerprint density at radius 2 is 1.43 bits per heavy atom. The van der Waals surface area contributed by atoms with Crippen LogP contribution in [0.4, 0.5) is 0 Å². The molecule has 21 heavy (non-hydrogen) atoms. The van der Waals surface area contributed by atoms with E-state index in [1.165, 1.54) is 16.7 Å². The summed E-state index contributed by atoms with van der Waals surface area (Å²) < 4.78 is 5.26. The van der Waals surface area contributed by atoms with Gasteiger partial charge < -0.3 is 4.74 Å². The van der Waals surface area contributed by atoms with Crippen molar-refractivity contribution >= 4 is 5.90 Å². The predicted octanol–water partition coefficient (Wildman–Crippen LogP) is 5.98. The minimum atomic E-state index is 0.175. The summed E-state index contributed by atoms with van der Waals surface area (Å²) in [4.78, 5) is 0. The van der Waals surface area contributed by atoms with Crippen LogP contribution in [0.5, 0.6) is 0 Å².